The molecule has 19 heavy (non-hydrogen) atoms. The Hall–Kier alpha value is -2.04. The van der Waals surface area contributed by atoms with Gasteiger partial charge in [-0.15, -0.1) is 0 Å². The van der Waals surface area contributed by atoms with Crippen LogP contribution in [0.4, 0.5) is 5.69 Å². The number of benzene rings is 1. The molecule has 1 heterocycles. The van der Waals surface area contributed by atoms with E-state index in [4.69, 9.17) is 4.74 Å². The van der Waals surface area contributed by atoms with Gasteiger partial charge in [-0.2, -0.15) is 0 Å². The Bertz CT molecular complexity index is 506. The summed E-state index contributed by atoms with van der Waals surface area (Å²) < 4.78 is 5.31. The van der Waals surface area contributed by atoms with Crippen LogP contribution in [0.5, 0.6) is 5.75 Å². The van der Waals surface area contributed by atoms with Crippen molar-refractivity contribution in [1.29, 1.82) is 0 Å². The molecule has 0 bridgehead atoms. The molecule has 0 N–H and O–H groups in total. The van der Waals surface area contributed by atoms with Gasteiger partial charge in [0, 0.05) is 19.2 Å². The van der Waals surface area contributed by atoms with E-state index in [2.05, 4.69) is 4.90 Å². The van der Waals surface area contributed by atoms with Gasteiger partial charge in [-0.1, -0.05) is 0 Å². The lowest BCUT2D eigenvalue weighted by Gasteiger charge is -2.12. The predicted molar refractivity (Wildman–Crippen MR) is 74.2 cm³/mol. The molecule has 0 spiro atoms. The molecule has 1 aromatic carbocycles. The van der Waals surface area contributed by atoms with E-state index < -0.39 is 0 Å². The predicted octanol–water partition coefficient (Wildman–Crippen LogP) is 2.98. The van der Waals surface area contributed by atoms with Gasteiger partial charge in [0.25, 0.3) is 5.69 Å². The molecule has 102 valence electrons. The Balaban J connectivity index is 2.39. The van der Waals surface area contributed by atoms with Crippen LogP contribution >= 0.6 is 0 Å². The maximum absolute atomic E-state index is 11.1. The van der Waals surface area contributed by atoms with E-state index in [0.29, 0.717) is 11.3 Å². The molecule has 0 aromatic heterocycles. The van der Waals surface area contributed by atoms with Gasteiger partial charge in [0.05, 0.1) is 17.6 Å². The lowest BCUT2D eigenvalue weighted by atomic mass is 10.1. The van der Waals surface area contributed by atoms with Gasteiger partial charge in [0.2, 0.25) is 0 Å². The highest BCUT2D eigenvalue weighted by molar-refractivity contribution is 5.69. The lowest BCUT2D eigenvalue weighted by molar-refractivity contribution is -0.385. The van der Waals surface area contributed by atoms with E-state index in [1.807, 2.05) is 13.1 Å². The van der Waals surface area contributed by atoms with Crippen molar-refractivity contribution in [2.75, 3.05) is 20.2 Å². The molecule has 5 heteroatoms. The summed E-state index contributed by atoms with van der Waals surface area (Å²) in [4.78, 5) is 12.9. The molecule has 1 aromatic rings. The van der Waals surface area contributed by atoms with Crippen LogP contribution in [0.1, 0.15) is 24.0 Å². The normalized spacial score (nSPS) is 15.2. The molecule has 1 fully saturated rings. The highest BCUT2D eigenvalue weighted by Gasteiger charge is 2.18. The van der Waals surface area contributed by atoms with Gasteiger partial charge in [-0.05, 0) is 43.7 Å². The van der Waals surface area contributed by atoms with E-state index in [1.165, 1.54) is 18.9 Å². The Morgan fingerprint density at radius 1 is 1.37 bits per heavy atom. The van der Waals surface area contributed by atoms with Crippen LogP contribution in [0.15, 0.2) is 18.3 Å². The molecule has 0 atom stereocenters. The van der Waals surface area contributed by atoms with Crippen LogP contribution in [0, 0.1) is 17.0 Å². The summed E-state index contributed by atoms with van der Waals surface area (Å²) in [7, 11) is 1.54. The zero-order valence-corrected chi connectivity index (χ0v) is 11.3. The molecular formula is C14H18N2O3. The Kier molecular flexibility index (Phi) is 4.04. The van der Waals surface area contributed by atoms with Crippen molar-refractivity contribution in [3.63, 3.8) is 0 Å². The van der Waals surface area contributed by atoms with Crippen molar-refractivity contribution >= 4 is 11.8 Å². The molecule has 0 saturated carbocycles. The first-order chi connectivity index (χ1) is 9.13. The molecule has 0 radical (unpaired) electrons. The van der Waals surface area contributed by atoms with Gasteiger partial charge < -0.3 is 9.64 Å². The minimum Gasteiger partial charge on any atom is -0.496 e. The van der Waals surface area contributed by atoms with Crippen molar-refractivity contribution in [2.45, 2.75) is 19.8 Å². The fourth-order valence-corrected chi connectivity index (χ4v) is 2.36. The van der Waals surface area contributed by atoms with E-state index in [-0.39, 0.29) is 10.6 Å². The topological polar surface area (TPSA) is 55.6 Å². The number of nitrogens with zero attached hydrogens (tertiary/aromatic N) is 2. The smallest absolute Gasteiger partial charge is 0.280 e. The number of nitro groups is 1. The SMILES string of the molecule is COc1c(C)ccc([N+](=O)[O-])c1/C=C/N1CCCC1. The third-order valence-corrected chi connectivity index (χ3v) is 3.36. The van der Waals surface area contributed by atoms with Crippen LogP contribution < -0.4 is 4.74 Å². The highest BCUT2D eigenvalue weighted by atomic mass is 16.6. The first-order valence-corrected chi connectivity index (χ1v) is 6.37. The molecule has 0 unspecified atom stereocenters. The van der Waals surface area contributed by atoms with Gasteiger partial charge in [-0.25, -0.2) is 0 Å². The number of methoxy groups -OCH3 is 1. The quantitative estimate of drug-likeness (QED) is 0.618. The van der Waals surface area contributed by atoms with Crippen molar-refractivity contribution in [2.24, 2.45) is 0 Å². The zero-order chi connectivity index (χ0) is 13.8. The zero-order valence-electron chi connectivity index (χ0n) is 11.3. The molecule has 0 aliphatic carbocycles. The second-order valence-electron chi connectivity index (χ2n) is 4.66. The Morgan fingerprint density at radius 2 is 2.05 bits per heavy atom. The first-order valence-electron chi connectivity index (χ1n) is 6.37. The summed E-state index contributed by atoms with van der Waals surface area (Å²) in [5.41, 5.74) is 1.52. The van der Waals surface area contributed by atoms with Crippen LogP contribution in [0.25, 0.3) is 6.08 Å². The molecule has 2 rings (SSSR count). The van der Waals surface area contributed by atoms with Crippen molar-refractivity contribution in [3.05, 3.63) is 39.6 Å². The Morgan fingerprint density at radius 3 is 2.63 bits per heavy atom. The minimum atomic E-state index is -0.369. The number of ether oxygens (including phenoxy) is 1. The van der Waals surface area contributed by atoms with Gasteiger partial charge in [-0.3, -0.25) is 10.1 Å². The third-order valence-electron chi connectivity index (χ3n) is 3.36. The Labute approximate surface area is 112 Å². The second-order valence-corrected chi connectivity index (χ2v) is 4.66. The summed E-state index contributed by atoms with van der Waals surface area (Å²) in [6.45, 7) is 3.91. The fraction of sp³-hybridized carbons (Fsp3) is 0.429. The summed E-state index contributed by atoms with van der Waals surface area (Å²) in [5.74, 6) is 0.574. The maximum atomic E-state index is 11.1. The lowest BCUT2D eigenvalue weighted by Crippen LogP contribution is -2.10. The second kappa shape index (κ2) is 5.73. The van der Waals surface area contributed by atoms with E-state index in [0.717, 1.165) is 18.7 Å². The van der Waals surface area contributed by atoms with Gasteiger partial charge in [0.15, 0.2) is 0 Å². The summed E-state index contributed by atoms with van der Waals surface area (Å²) >= 11 is 0. The maximum Gasteiger partial charge on any atom is 0.280 e. The van der Waals surface area contributed by atoms with Gasteiger partial charge >= 0.3 is 0 Å². The first kappa shape index (κ1) is 13.4. The third kappa shape index (κ3) is 2.86. The molecule has 5 nitrogen and oxygen atoms in total. The van der Waals surface area contributed by atoms with Crippen molar-refractivity contribution in [3.8, 4) is 5.75 Å². The number of hydrogen-bond donors (Lipinski definition) is 0. The summed E-state index contributed by atoms with van der Waals surface area (Å²) in [6.07, 6.45) is 6.07. The average Bonchev–Trinajstić information content (AvgIpc) is 2.89. The van der Waals surface area contributed by atoms with Crippen LogP contribution in [0.3, 0.4) is 0 Å². The van der Waals surface area contributed by atoms with E-state index in [9.17, 15) is 10.1 Å². The minimum absolute atomic E-state index is 0.0814. The summed E-state index contributed by atoms with van der Waals surface area (Å²) in [6, 6.07) is 3.24. The number of nitro benzene ring substituents is 1. The number of hydrogen-bond acceptors (Lipinski definition) is 4. The fourth-order valence-electron chi connectivity index (χ4n) is 2.36. The number of aryl methyl sites for hydroxylation is 1. The van der Waals surface area contributed by atoms with Crippen molar-refractivity contribution in [1.82, 2.24) is 4.90 Å². The van der Waals surface area contributed by atoms with Gasteiger partial charge in [0.1, 0.15) is 5.75 Å². The van der Waals surface area contributed by atoms with E-state index >= 15 is 0 Å². The molecule has 1 aliphatic heterocycles. The average molecular weight is 262 g/mol. The molecule has 1 aliphatic rings. The van der Waals surface area contributed by atoms with E-state index in [1.54, 1.807) is 19.3 Å². The van der Waals surface area contributed by atoms with Crippen LogP contribution in [-0.4, -0.2) is 30.0 Å². The molecular weight excluding hydrogens is 244 g/mol. The van der Waals surface area contributed by atoms with Crippen molar-refractivity contribution < 1.29 is 9.66 Å². The highest BCUT2D eigenvalue weighted by Crippen LogP contribution is 2.33. The number of rotatable bonds is 4. The van der Waals surface area contributed by atoms with Crippen LogP contribution in [-0.2, 0) is 0 Å². The molecule has 1 saturated heterocycles. The van der Waals surface area contributed by atoms with Crippen LogP contribution in [0.2, 0.25) is 0 Å². The number of likely N-dealkylation sites (tertiary alicyclic amines) is 1. The summed E-state index contributed by atoms with van der Waals surface area (Å²) in [5, 5.41) is 11.1. The molecule has 0 amide bonds. The largest absolute Gasteiger partial charge is 0.496 e. The standard InChI is InChI=1S/C14H18N2O3/c1-11-5-6-13(16(17)18)12(14(11)19-2)7-10-15-8-3-4-9-15/h5-7,10H,3-4,8-9H2,1-2H3/b10-7+. The monoisotopic (exact) mass is 262 g/mol.